The van der Waals surface area contributed by atoms with Crippen LogP contribution in [0.15, 0.2) is 30.3 Å². The molecule has 1 aromatic rings. The fourth-order valence-electron chi connectivity index (χ4n) is 3.36. The number of nitrogens with one attached hydrogen (secondary N) is 1. The normalized spacial score (nSPS) is 24.8. The van der Waals surface area contributed by atoms with Gasteiger partial charge in [-0.3, -0.25) is 0 Å². The smallest absolute Gasteiger partial charge is 0.00961 e. The summed E-state index contributed by atoms with van der Waals surface area (Å²) < 4.78 is 0. The second-order valence-electron chi connectivity index (χ2n) is 6.33. The molecular formula is C18H30N2. The van der Waals surface area contributed by atoms with Crippen LogP contribution in [-0.4, -0.2) is 37.1 Å². The highest BCUT2D eigenvalue weighted by molar-refractivity contribution is 5.14. The van der Waals surface area contributed by atoms with E-state index in [4.69, 9.17) is 0 Å². The molecule has 112 valence electrons. The van der Waals surface area contributed by atoms with Crippen molar-refractivity contribution in [3.63, 3.8) is 0 Å². The van der Waals surface area contributed by atoms with Crippen LogP contribution in [0.25, 0.3) is 0 Å². The van der Waals surface area contributed by atoms with Crippen molar-refractivity contribution in [2.75, 3.05) is 14.1 Å². The summed E-state index contributed by atoms with van der Waals surface area (Å²) in [5.41, 5.74) is 1.46. The molecule has 1 aromatic carbocycles. The fraction of sp³-hybridized carbons (Fsp3) is 0.667. The van der Waals surface area contributed by atoms with Crippen LogP contribution in [0.5, 0.6) is 0 Å². The van der Waals surface area contributed by atoms with Gasteiger partial charge in [0.25, 0.3) is 0 Å². The number of rotatable bonds is 6. The van der Waals surface area contributed by atoms with Gasteiger partial charge >= 0.3 is 0 Å². The molecule has 0 saturated heterocycles. The molecule has 1 saturated carbocycles. The van der Waals surface area contributed by atoms with Crippen molar-refractivity contribution in [1.29, 1.82) is 0 Å². The van der Waals surface area contributed by atoms with Crippen molar-refractivity contribution in [2.24, 2.45) is 0 Å². The SMILES string of the molecule is CNC1CCC(N(C)C(C)CCc2ccccc2)CC1. The van der Waals surface area contributed by atoms with Gasteiger partial charge in [0, 0.05) is 18.1 Å². The minimum Gasteiger partial charge on any atom is -0.317 e. The minimum absolute atomic E-state index is 0.673. The maximum atomic E-state index is 3.42. The van der Waals surface area contributed by atoms with E-state index in [0.29, 0.717) is 6.04 Å². The number of benzene rings is 1. The molecule has 0 spiro atoms. The van der Waals surface area contributed by atoms with E-state index >= 15 is 0 Å². The molecule has 0 aromatic heterocycles. The summed E-state index contributed by atoms with van der Waals surface area (Å²) in [6.07, 6.45) is 7.80. The quantitative estimate of drug-likeness (QED) is 0.854. The first-order valence-corrected chi connectivity index (χ1v) is 8.14. The van der Waals surface area contributed by atoms with E-state index in [-0.39, 0.29) is 0 Å². The molecule has 0 bridgehead atoms. The Balaban J connectivity index is 1.76. The van der Waals surface area contributed by atoms with E-state index in [1.54, 1.807) is 0 Å². The van der Waals surface area contributed by atoms with Crippen LogP contribution in [0.1, 0.15) is 44.6 Å². The van der Waals surface area contributed by atoms with Crippen molar-refractivity contribution >= 4 is 0 Å². The highest BCUT2D eigenvalue weighted by Crippen LogP contribution is 2.24. The fourth-order valence-corrected chi connectivity index (χ4v) is 3.36. The summed E-state index contributed by atoms with van der Waals surface area (Å²) in [5, 5.41) is 3.42. The Bertz CT molecular complexity index is 368. The maximum Gasteiger partial charge on any atom is 0.00961 e. The predicted molar refractivity (Wildman–Crippen MR) is 87.1 cm³/mol. The van der Waals surface area contributed by atoms with Crippen LogP contribution in [0.2, 0.25) is 0 Å². The Kier molecular flexibility index (Phi) is 6.06. The van der Waals surface area contributed by atoms with E-state index < -0.39 is 0 Å². The Morgan fingerprint density at radius 1 is 1.15 bits per heavy atom. The standard InChI is InChI=1S/C18H30N2/c1-15(9-10-16-7-5-4-6-8-16)20(3)18-13-11-17(19-2)12-14-18/h4-8,15,17-19H,9-14H2,1-3H3. The van der Waals surface area contributed by atoms with Gasteiger partial charge in [0.05, 0.1) is 0 Å². The zero-order valence-corrected chi connectivity index (χ0v) is 13.3. The summed E-state index contributed by atoms with van der Waals surface area (Å²) in [6.45, 7) is 2.38. The lowest BCUT2D eigenvalue weighted by atomic mass is 9.89. The lowest BCUT2D eigenvalue weighted by molar-refractivity contribution is 0.131. The predicted octanol–water partition coefficient (Wildman–Crippen LogP) is 3.47. The molecule has 0 heterocycles. The van der Waals surface area contributed by atoms with Crippen molar-refractivity contribution in [2.45, 2.75) is 63.6 Å². The minimum atomic E-state index is 0.673. The second-order valence-corrected chi connectivity index (χ2v) is 6.33. The van der Waals surface area contributed by atoms with Crippen LogP contribution in [-0.2, 0) is 6.42 Å². The topological polar surface area (TPSA) is 15.3 Å². The van der Waals surface area contributed by atoms with Gasteiger partial charge in [0.1, 0.15) is 0 Å². The van der Waals surface area contributed by atoms with E-state index in [9.17, 15) is 0 Å². The first kappa shape index (κ1) is 15.5. The van der Waals surface area contributed by atoms with Gasteiger partial charge in [-0.15, -0.1) is 0 Å². The molecule has 2 heteroatoms. The van der Waals surface area contributed by atoms with E-state index in [1.807, 2.05) is 0 Å². The monoisotopic (exact) mass is 274 g/mol. The molecule has 1 unspecified atom stereocenters. The molecular weight excluding hydrogens is 244 g/mol. The Labute approximate surface area is 124 Å². The summed E-state index contributed by atoms with van der Waals surface area (Å²) in [7, 11) is 4.41. The van der Waals surface area contributed by atoms with E-state index in [0.717, 1.165) is 12.1 Å². The molecule has 0 radical (unpaired) electrons. The molecule has 20 heavy (non-hydrogen) atoms. The zero-order valence-electron chi connectivity index (χ0n) is 13.3. The van der Waals surface area contributed by atoms with Crippen LogP contribution in [0, 0.1) is 0 Å². The Hall–Kier alpha value is -0.860. The zero-order chi connectivity index (χ0) is 14.4. The summed E-state index contributed by atoms with van der Waals surface area (Å²) >= 11 is 0. The van der Waals surface area contributed by atoms with Gasteiger partial charge in [0.2, 0.25) is 0 Å². The number of hydrogen-bond acceptors (Lipinski definition) is 2. The van der Waals surface area contributed by atoms with Gasteiger partial charge < -0.3 is 10.2 Å². The van der Waals surface area contributed by atoms with Crippen LogP contribution in [0.3, 0.4) is 0 Å². The lowest BCUT2D eigenvalue weighted by Gasteiger charge is -2.38. The van der Waals surface area contributed by atoms with Gasteiger partial charge in [0.15, 0.2) is 0 Å². The van der Waals surface area contributed by atoms with Crippen molar-refractivity contribution in [3.05, 3.63) is 35.9 Å². The Morgan fingerprint density at radius 3 is 2.40 bits per heavy atom. The van der Waals surface area contributed by atoms with Gasteiger partial charge in [-0.2, -0.15) is 0 Å². The van der Waals surface area contributed by atoms with Gasteiger partial charge in [-0.1, -0.05) is 30.3 Å². The van der Waals surface area contributed by atoms with Crippen LogP contribution < -0.4 is 5.32 Å². The molecule has 1 fully saturated rings. The largest absolute Gasteiger partial charge is 0.317 e. The summed E-state index contributed by atoms with van der Waals surface area (Å²) in [4.78, 5) is 2.62. The average Bonchev–Trinajstić information content (AvgIpc) is 2.53. The third-order valence-corrected chi connectivity index (χ3v) is 5.07. The molecule has 1 atom stereocenters. The highest BCUT2D eigenvalue weighted by Gasteiger charge is 2.25. The maximum absolute atomic E-state index is 3.42. The second kappa shape index (κ2) is 7.80. The van der Waals surface area contributed by atoms with Crippen LogP contribution in [0.4, 0.5) is 0 Å². The lowest BCUT2D eigenvalue weighted by Crippen LogP contribution is -2.43. The third-order valence-electron chi connectivity index (χ3n) is 5.07. The first-order valence-electron chi connectivity index (χ1n) is 8.14. The number of aryl methyl sites for hydroxylation is 1. The molecule has 1 N–H and O–H groups in total. The number of hydrogen-bond donors (Lipinski definition) is 1. The summed E-state index contributed by atoms with van der Waals surface area (Å²) in [6, 6.07) is 13.1. The molecule has 2 nitrogen and oxygen atoms in total. The molecule has 0 aliphatic heterocycles. The molecule has 1 aliphatic rings. The Morgan fingerprint density at radius 2 is 1.80 bits per heavy atom. The van der Waals surface area contributed by atoms with Crippen molar-refractivity contribution in [1.82, 2.24) is 10.2 Å². The number of nitrogens with zero attached hydrogens (tertiary/aromatic N) is 1. The molecule has 1 aliphatic carbocycles. The van der Waals surface area contributed by atoms with Crippen LogP contribution >= 0.6 is 0 Å². The van der Waals surface area contributed by atoms with Gasteiger partial charge in [-0.05, 0) is 65.1 Å². The van der Waals surface area contributed by atoms with E-state index in [1.165, 1.54) is 44.1 Å². The highest BCUT2D eigenvalue weighted by atomic mass is 15.2. The third kappa shape index (κ3) is 4.32. The molecule has 2 rings (SSSR count). The summed E-state index contributed by atoms with van der Waals surface area (Å²) in [5.74, 6) is 0. The van der Waals surface area contributed by atoms with Crippen molar-refractivity contribution < 1.29 is 0 Å². The average molecular weight is 274 g/mol. The van der Waals surface area contributed by atoms with E-state index in [2.05, 4.69) is 61.6 Å². The first-order chi connectivity index (χ1) is 9.70. The van der Waals surface area contributed by atoms with Crippen molar-refractivity contribution in [3.8, 4) is 0 Å². The van der Waals surface area contributed by atoms with Gasteiger partial charge in [-0.25, -0.2) is 0 Å². The molecule has 0 amide bonds.